The predicted octanol–water partition coefficient (Wildman–Crippen LogP) is 5.38. The molecule has 0 amide bonds. The van der Waals surface area contributed by atoms with Crippen LogP contribution in [0.3, 0.4) is 0 Å². The minimum atomic E-state index is -6.00. The standard InChI is InChI=1S/C23H18ClNO3.BF4/c1-26-17-10-7-15(8-11-17)23-14-20(18-5-3-4-6-21(18)28-23)25-16-9-12-22(27-2)19(24)13-16;2-1(3,4)5/h3-14H,1-2H3;/q;-1/p+1. The number of ether oxygens (including phenoxy) is 2. The maximum absolute atomic E-state index is 9.75. The highest BCUT2D eigenvalue weighted by molar-refractivity contribution is 6.50. The molecule has 0 spiro atoms. The summed E-state index contributed by atoms with van der Waals surface area (Å²) in [6.45, 7) is 0. The van der Waals surface area contributed by atoms with Gasteiger partial charge in [-0.15, -0.1) is 0 Å². The van der Waals surface area contributed by atoms with E-state index in [0.717, 1.165) is 39.1 Å². The van der Waals surface area contributed by atoms with Crippen LogP contribution in [0.1, 0.15) is 0 Å². The average molecular weight is 480 g/mol. The summed E-state index contributed by atoms with van der Waals surface area (Å²) in [6.07, 6.45) is 0. The zero-order valence-corrected chi connectivity index (χ0v) is 18.4. The van der Waals surface area contributed by atoms with Crippen molar-refractivity contribution >= 4 is 35.5 Å². The van der Waals surface area contributed by atoms with E-state index < -0.39 is 7.25 Å². The van der Waals surface area contributed by atoms with Crippen molar-refractivity contribution < 1.29 is 36.1 Å². The van der Waals surface area contributed by atoms with Gasteiger partial charge in [0.2, 0.25) is 11.0 Å². The third-order valence-electron chi connectivity index (χ3n) is 4.48. The smallest absolute Gasteiger partial charge is 0.497 e. The van der Waals surface area contributed by atoms with Gasteiger partial charge in [-0.3, -0.25) is 0 Å². The lowest BCUT2D eigenvalue weighted by Gasteiger charge is -2.05. The fourth-order valence-electron chi connectivity index (χ4n) is 3.04. The first kappa shape index (κ1) is 24.2. The van der Waals surface area contributed by atoms with Crippen molar-refractivity contribution in [3.63, 3.8) is 0 Å². The van der Waals surface area contributed by atoms with Crippen LogP contribution in [0.5, 0.6) is 11.5 Å². The zero-order chi connectivity index (χ0) is 24.0. The number of fused-ring (bicyclic) bond motifs is 1. The van der Waals surface area contributed by atoms with Crippen molar-refractivity contribution in [1.29, 1.82) is 0 Å². The lowest BCUT2D eigenvalue weighted by molar-refractivity contribution is -0.400. The summed E-state index contributed by atoms with van der Waals surface area (Å²) in [5.41, 5.74) is 2.61. The van der Waals surface area contributed by atoms with Crippen LogP contribution in [-0.4, -0.2) is 21.5 Å². The summed E-state index contributed by atoms with van der Waals surface area (Å²) < 4.78 is 55.6. The van der Waals surface area contributed by atoms with Crippen LogP contribution in [0.25, 0.3) is 22.3 Å². The van der Waals surface area contributed by atoms with E-state index in [1.165, 1.54) is 0 Å². The van der Waals surface area contributed by atoms with Gasteiger partial charge in [-0.05, 0) is 42.5 Å². The Morgan fingerprint density at radius 3 is 2.12 bits per heavy atom. The molecule has 4 aromatic rings. The molecule has 1 heterocycles. The Morgan fingerprint density at radius 2 is 1.52 bits per heavy atom. The lowest BCUT2D eigenvalue weighted by Crippen LogP contribution is -2.70. The molecule has 0 saturated heterocycles. The van der Waals surface area contributed by atoms with E-state index in [0.29, 0.717) is 10.8 Å². The van der Waals surface area contributed by atoms with Crippen LogP contribution in [0.2, 0.25) is 5.02 Å². The number of methoxy groups -OCH3 is 2. The van der Waals surface area contributed by atoms with Crippen LogP contribution in [0, 0.1) is 0 Å². The average Bonchev–Trinajstić information content (AvgIpc) is 2.78. The highest BCUT2D eigenvalue weighted by Gasteiger charge is 2.20. The van der Waals surface area contributed by atoms with Gasteiger partial charge in [-0.1, -0.05) is 23.7 Å². The quantitative estimate of drug-likeness (QED) is 0.316. The minimum Gasteiger partial charge on any atom is -0.497 e. The number of benzene rings is 3. The minimum absolute atomic E-state index is 0.549. The second-order valence-electron chi connectivity index (χ2n) is 6.72. The molecule has 4 nitrogen and oxygen atoms in total. The number of halogens is 5. The Bertz CT molecular complexity index is 1300. The van der Waals surface area contributed by atoms with E-state index in [9.17, 15) is 17.3 Å². The Hall–Kier alpha value is -3.46. The molecule has 0 bridgehead atoms. The Labute approximate surface area is 192 Å². The van der Waals surface area contributed by atoms with Crippen molar-refractivity contribution in [3.8, 4) is 22.8 Å². The summed E-state index contributed by atoms with van der Waals surface area (Å²) in [6, 6.07) is 23.3. The zero-order valence-electron chi connectivity index (χ0n) is 17.6. The molecule has 172 valence electrons. The van der Waals surface area contributed by atoms with Gasteiger partial charge >= 0.3 is 7.25 Å². The number of para-hydroxylation sites is 1. The highest BCUT2D eigenvalue weighted by Crippen LogP contribution is 2.26. The first-order valence-corrected chi connectivity index (χ1v) is 10.0. The summed E-state index contributed by atoms with van der Waals surface area (Å²) in [5.74, 6) is 2.19. The fraction of sp³-hybridized carbons (Fsp3) is 0.0870. The second-order valence-corrected chi connectivity index (χ2v) is 7.13. The maximum Gasteiger partial charge on any atom is 0.673 e. The van der Waals surface area contributed by atoms with E-state index in [1.807, 2.05) is 72.8 Å². The number of hydrogen-bond donors (Lipinski definition) is 1. The van der Waals surface area contributed by atoms with Crippen LogP contribution < -0.4 is 19.8 Å². The van der Waals surface area contributed by atoms with Crippen LogP contribution in [0.4, 0.5) is 23.0 Å². The fourth-order valence-corrected chi connectivity index (χ4v) is 3.29. The summed E-state index contributed by atoms with van der Waals surface area (Å²) in [4.78, 5) is 3.45. The van der Waals surface area contributed by atoms with E-state index in [1.54, 1.807) is 14.2 Å². The van der Waals surface area contributed by atoms with Crippen molar-refractivity contribution in [3.05, 3.63) is 83.2 Å². The van der Waals surface area contributed by atoms with Crippen molar-refractivity contribution in [2.45, 2.75) is 0 Å². The molecule has 0 fully saturated rings. The number of rotatable bonds is 4. The molecule has 1 N–H and O–H groups in total. The first-order chi connectivity index (χ1) is 15.7. The first-order valence-electron chi connectivity index (χ1n) is 9.66. The highest BCUT2D eigenvalue weighted by atomic mass is 35.5. The molecule has 0 aliphatic carbocycles. The van der Waals surface area contributed by atoms with Gasteiger partial charge in [0.25, 0.3) is 0 Å². The summed E-state index contributed by atoms with van der Waals surface area (Å²) in [7, 11) is -2.75. The topological polar surface area (TPSA) is 45.6 Å². The van der Waals surface area contributed by atoms with Gasteiger partial charge in [-0.2, -0.15) is 0 Å². The maximum atomic E-state index is 9.75. The molecule has 0 radical (unpaired) electrons. The Balaban J connectivity index is 0.000000555. The molecular weight excluding hydrogens is 461 g/mol. The third kappa shape index (κ3) is 6.76. The largest absolute Gasteiger partial charge is 0.673 e. The molecule has 33 heavy (non-hydrogen) atoms. The van der Waals surface area contributed by atoms with Crippen molar-refractivity contribution in [2.75, 3.05) is 14.2 Å². The van der Waals surface area contributed by atoms with Gasteiger partial charge in [0.15, 0.2) is 0 Å². The SMILES string of the molecule is COc1ccc(-c2cc(=[NH+]c3ccc(OC)c(Cl)c3)c3ccccc3o2)cc1.F[B-](F)(F)F. The van der Waals surface area contributed by atoms with E-state index in [2.05, 4.69) is 4.99 Å². The molecular formula is C23H19BClF4NO3. The number of nitrogens with one attached hydrogen (secondary N) is 1. The summed E-state index contributed by atoms with van der Waals surface area (Å²) in [5, 5.41) is 2.45. The summed E-state index contributed by atoms with van der Waals surface area (Å²) >= 11 is 6.27. The van der Waals surface area contributed by atoms with Crippen LogP contribution in [-0.2, 0) is 0 Å². The van der Waals surface area contributed by atoms with E-state index in [4.69, 9.17) is 25.5 Å². The molecule has 0 unspecified atom stereocenters. The van der Waals surface area contributed by atoms with Gasteiger partial charge in [0, 0.05) is 17.7 Å². The van der Waals surface area contributed by atoms with Crippen LogP contribution >= 0.6 is 11.6 Å². The predicted molar refractivity (Wildman–Crippen MR) is 120 cm³/mol. The monoisotopic (exact) mass is 479 g/mol. The van der Waals surface area contributed by atoms with Crippen LogP contribution in [0.15, 0.2) is 77.2 Å². The van der Waals surface area contributed by atoms with Gasteiger partial charge in [0.05, 0.1) is 30.7 Å². The van der Waals surface area contributed by atoms with Crippen molar-refractivity contribution in [2.24, 2.45) is 0 Å². The second kappa shape index (κ2) is 10.4. The number of hydrogen-bond acceptors (Lipinski definition) is 3. The molecule has 0 aliphatic heterocycles. The molecule has 3 aromatic carbocycles. The molecule has 10 heteroatoms. The lowest BCUT2D eigenvalue weighted by atomic mass is 10.1. The van der Waals surface area contributed by atoms with Crippen molar-refractivity contribution in [1.82, 2.24) is 0 Å². The van der Waals surface area contributed by atoms with E-state index in [-0.39, 0.29) is 0 Å². The van der Waals surface area contributed by atoms with Gasteiger partial charge in [0.1, 0.15) is 22.8 Å². The molecule has 0 saturated carbocycles. The molecule has 0 aliphatic rings. The van der Waals surface area contributed by atoms with Gasteiger partial charge in [-0.25, -0.2) is 4.99 Å². The Morgan fingerprint density at radius 1 is 0.848 bits per heavy atom. The van der Waals surface area contributed by atoms with Gasteiger partial charge < -0.3 is 31.2 Å². The van der Waals surface area contributed by atoms with E-state index >= 15 is 0 Å². The Kier molecular flexibility index (Phi) is 7.65. The molecule has 0 atom stereocenters. The molecule has 4 rings (SSSR count). The molecule has 1 aromatic heterocycles. The normalized spacial score (nSPS) is 11.7. The third-order valence-corrected chi connectivity index (χ3v) is 4.77.